The van der Waals surface area contributed by atoms with Gasteiger partial charge in [-0.05, 0) is 41.5 Å². The summed E-state index contributed by atoms with van der Waals surface area (Å²) in [5, 5.41) is 7.38. The van der Waals surface area contributed by atoms with Gasteiger partial charge in [-0.3, -0.25) is 0 Å². The summed E-state index contributed by atoms with van der Waals surface area (Å²) in [5.41, 5.74) is 2.95. The minimum atomic E-state index is -4.44. The van der Waals surface area contributed by atoms with E-state index in [0.29, 0.717) is 10.7 Å². The molecule has 0 unspecified atom stereocenters. The Morgan fingerprint density at radius 3 is 2.33 bits per heavy atom. The molecule has 2 aromatic heterocycles. The second kappa shape index (κ2) is 10.8. The van der Waals surface area contributed by atoms with Gasteiger partial charge in [-0.1, -0.05) is 47.5 Å². The van der Waals surface area contributed by atoms with Crippen LogP contribution < -0.4 is 10.7 Å². The van der Waals surface area contributed by atoms with Crippen LogP contribution in [0.4, 0.5) is 29.5 Å². The Morgan fingerprint density at radius 2 is 1.67 bits per heavy atom. The summed E-state index contributed by atoms with van der Waals surface area (Å²) in [4.78, 5) is 16.6. The van der Waals surface area contributed by atoms with E-state index in [4.69, 9.17) is 23.2 Å². The van der Waals surface area contributed by atoms with Crippen molar-refractivity contribution in [1.82, 2.24) is 19.9 Å². The summed E-state index contributed by atoms with van der Waals surface area (Å²) in [6.07, 6.45) is -1.58. The zero-order valence-corrected chi connectivity index (χ0v) is 19.6. The zero-order chi connectivity index (χ0) is 25.7. The van der Waals surface area contributed by atoms with Gasteiger partial charge in [0, 0.05) is 12.7 Å². The highest BCUT2D eigenvalue weighted by Crippen LogP contribution is 2.30. The lowest BCUT2D eigenvalue weighted by atomic mass is 10.1. The number of aromatic nitrogens is 4. The number of hydrazone groups is 1. The Bertz CT molecular complexity index is 1360. The van der Waals surface area contributed by atoms with Gasteiger partial charge >= 0.3 is 6.18 Å². The molecule has 0 spiro atoms. The number of anilines is 2. The number of nitrogens with one attached hydrogen (secondary N) is 2. The van der Waals surface area contributed by atoms with Crippen LogP contribution in [-0.4, -0.2) is 26.2 Å². The van der Waals surface area contributed by atoms with Crippen molar-refractivity contribution in [3.63, 3.8) is 0 Å². The highest BCUT2D eigenvalue weighted by molar-refractivity contribution is 6.33. The number of hydrogen-bond donors (Lipinski definition) is 2. The van der Waals surface area contributed by atoms with E-state index >= 15 is 0 Å². The summed E-state index contributed by atoms with van der Waals surface area (Å²) in [7, 11) is 0. The van der Waals surface area contributed by atoms with Crippen molar-refractivity contribution in [3.8, 4) is 11.4 Å². The first kappa shape index (κ1) is 25.3. The molecule has 0 saturated heterocycles. The van der Waals surface area contributed by atoms with Crippen molar-refractivity contribution in [2.24, 2.45) is 5.10 Å². The Hall–Kier alpha value is -3.83. The predicted octanol–water partition coefficient (Wildman–Crippen LogP) is 6.46. The third-order valence-electron chi connectivity index (χ3n) is 4.68. The van der Waals surface area contributed by atoms with Gasteiger partial charge in [0.2, 0.25) is 11.9 Å². The second-order valence-electron chi connectivity index (χ2n) is 7.24. The molecule has 2 aromatic carbocycles. The van der Waals surface area contributed by atoms with Crippen LogP contribution in [0.3, 0.4) is 0 Å². The first-order valence-electron chi connectivity index (χ1n) is 10.2. The van der Waals surface area contributed by atoms with Crippen molar-refractivity contribution >= 4 is 41.3 Å². The molecule has 13 heteroatoms. The van der Waals surface area contributed by atoms with Crippen molar-refractivity contribution in [1.29, 1.82) is 0 Å². The smallest absolute Gasteiger partial charge is 0.350 e. The zero-order valence-electron chi connectivity index (χ0n) is 18.1. The topological polar surface area (TPSA) is 88.0 Å². The standard InChI is InChI=1S/C23H15Cl2F4N7/c24-16-2-1-3-17(26)19(16)20-33-21(31-11-14-6-9-18(25)30-10-14)35-22(34-20)36-32-12-13-4-7-15(8-5-13)23(27,28)29/h1-10,12H,11H2,(H2,31,33,34,35,36)/b32-12+. The van der Waals surface area contributed by atoms with Crippen LogP contribution in [0.15, 0.2) is 65.9 Å². The molecule has 0 radical (unpaired) electrons. The molecule has 0 aliphatic rings. The fraction of sp³-hybridized carbons (Fsp3) is 0.0870. The first-order chi connectivity index (χ1) is 17.2. The van der Waals surface area contributed by atoms with E-state index in [-0.39, 0.29) is 34.9 Å². The Kier molecular flexibility index (Phi) is 7.61. The van der Waals surface area contributed by atoms with E-state index in [1.165, 1.54) is 36.5 Å². The van der Waals surface area contributed by atoms with Gasteiger partial charge in [0.1, 0.15) is 11.0 Å². The Labute approximate surface area is 212 Å². The molecule has 0 amide bonds. The van der Waals surface area contributed by atoms with Gasteiger partial charge < -0.3 is 5.32 Å². The molecule has 0 aliphatic carbocycles. The van der Waals surface area contributed by atoms with E-state index in [2.05, 4.69) is 35.8 Å². The highest BCUT2D eigenvalue weighted by atomic mass is 35.5. The first-order valence-corrected chi connectivity index (χ1v) is 11.0. The van der Waals surface area contributed by atoms with Crippen molar-refractivity contribution in [3.05, 3.63) is 93.5 Å². The van der Waals surface area contributed by atoms with E-state index < -0.39 is 17.6 Å². The number of benzene rings is 2. The lowest BCUT2D eigenvalue weighted by molar-refractivity contribution is -0.137. The van der Waals surface area contributed by atoms with Crippen LogP contribution in [0.25, 0.3) is 11.4 Å². The molecular formula is C23H15Cl2F4N7. The molecule has 36 heavy (non-hydrogen) atoms. The monoisotopic (exact) mass is 535 g/mol. The number of nitrogens with zero attached hydrogens (tertiary/aromatic N) is 5. The van der Waals surface area contributed by atoms with Gasteiger partial charge in [-0.15, -0.1) is 0 Å². The van der Waals surface area contributed by atoms with Crippen molar-refractivity contribution in [2.75, 3.05) is 10.7 Å². The normalized spacial score (nSPS) is 11.6. The minimum absolute atomic E-state index is 0.0347. The summed E-state index contributed by atoms with van der Waals surface area (Å²) in [6, 6.07) is 11.9. The number of hydrogen-bond acceptors (Lipinski definition) is 7. The average Bonchev–Trinajstić information content (AvgIpc) is 2.83. The maximum absolute atomic E-state index is 14.5. The van der Waals surface area contributed by atoms with Gasteiger partial charge in [0.15, 0.2) is 5.82 Å². The van der Waals surface area contributed by atoms with Gasteiger partial charge in [-0.2, -0.15) is 33.2 Å². The number of halogens is 6. The molecule has 0 bridgehead atoms. The quantitative estimate of drug-likeness (QED) is 0.122. The molecule has 0 atom stereocenters. The van der Waals surface area contributed by atoms with Crippen LogP contribution in [0.2, 0.25) is 10.2 Å². The van der Waals surface area contributed by atoms with E-state index in [1.807, 2.05) is 0 Å². The van der Waals surface area contributed by atoms with Gasteiger partial charge in [0.25, 0.3) is 0 Å². The van der Waals surface area contributed by atoms with Crippen LogP contribution in [0, 0.1) is 5.82 Å². The molecule has 0 aliphatic heterocycles. The third-order valence-corrected chi connectivity index (χ3v) is 5.22. The third kappa shape index (κ3) is 6.43. The minimum Gasteiger partial charge on any atom is -0.350 e. The highest BCUT2D eigenvalue weighted by Gasteiger charge is 2.29. The predicted molar refractivity (Wildman–Crippen MR) is 129 cm³/mol. The Morgan fingerprint density at radius 1 is 0.917 bits per heavy atom. The van der Waals surface area contributed by atoms with Crippen LogP contribution in [0.1, 0.15) is 16.7 Å². The maximum Gasteiger partial charge on any atom is 0.416 e. The Balaban J connectivity index is 1.59. The second-order valence-corrected chi connectivity index (χ2v) is 8.03. The summed E-state index contributed by atoms with van der Waals surface area (Å²) < 4.78 is 52.7. The number of rotatable bonds is 7. The molecular weight excluding hydrogens is 521 g/mol. The van der Waals surface area contributed by atoms with E-state index in [9.17, 15) is 17.6 Å². The maximum atomic E-state index is 14.5. The summed E-state index contributed by atoms with van der Waals surface area (Å²) in [5.74, 6) is -0.668. The van der Waals surface area contributed by atoms with Crippen LogP contribution >= 0.6 is 23.2 Å². The average molecular weight is 536 g/mol. The molecule has 2 heterocycles. The van der Waals surface area contributed by atoms with E-state index in [1.54, 1.807) is 18.3 Å². The molecule has 7 nitrogen and oxygen atoms in total. The SMILES string of the molecule is Fc1cccc(Cl)c1-c1nc(NCc2ccc(Cl)nc2)nc(N/N=C/c2ccc(C(F)(F)F)cc2)n1. The summed E-state index contributed by atoms with van der Waals surface area (Å²) in [6.45, 7) is 0.271. The molecule has 0 saturated carbocycles. The fourth-order valence-electron chi connectivity index (χ4n) is 2.94. The van der Waals surface area contributed by atoms with Crippen molar-refractivity contribution < 1.29 is 17.6 Å². The molecule has 0 fully saturated rings. The fourth-order valence-corrected chi connectivity index (χ4v) is 3.30. The lowest BCUT2D eigenvalue weighted by Crippen LogP contribution is -2.09. The number of alkyl halides is 3. The molecule has 4 rings (SSSR count). The molecule has 2 N–H and O–H groups in total. The molecule has 4 aromatic rings. The van der Waals surface area contributed by atoms with E-state index in [0.717, 1.165) is 17.7 Å². The van der Waals surface area contributed by atoms with Crippen LogP contribution in [0.5, 0.6) is 0 Å². The van der Waals surface area contributed by atoms with Gasteiger partial charge in [0.05, 0.1) is 22.4 Å². The lowest BCUT2D eigenvalue weighted by Gasteiger charge is -2.10. The van der Waals surface area contributed by atoms with Gasteiger partial charge in [-0.25, -0.2) is 14.8 Å². The van der Waals surface area contributed by atoms with Crippen LogP contribution in [-0.2, 0) is 12.7 Å². The summed E-state index contributed by atoms with van der Waals surface area (Å²) >= 11 is 12.0. The van der Waals surface area contributed by atoms with Crippen molar-refractivity contribution in [2.45, 2.75) is 12.7 Å². The largest absolute Gasteiger partial charge is 0.416 e. The number of pyridine rings is 1. The molecule has 184 valence electrons.